The summed E-state index contributed by atoms with van der Waals surface area (Å²) in [7, 11) is 0. The molecule has 0 atom stereocenters. The molecule has 0 unspecified atom stereocenters. The number of nitrogens with zero attached hydrogens (tertiary/aromatic N) is 2. The van der Waals surface area contributed by atoms with Crippen molar-refractivity contribution >= 4 is 34.7 Å². The Morgan fingerprint density at radius 3 is 2.81 bits per heavy atom. The molecule has 2 heterocycles. The van der Waals surface area contributed by atoms with Gasteiger partial charge in [0.05, 0.1) is 6.20 Å². The fraction of sp³-hybridized carbons (Fsp3) is 0.467. The third kappa shape index (κ3) is 4.32. The summed E-state index contributed by atoms with van der Waals surface area (Å²) >= 11 is 7.94. The van der Waals surface area contributed by atoms with Crippen LogP contribution in [0.3, 0.4) is 0 Å². The summed E-state index contributed by atoms with van der Waals surface area (Å²) in [6.45, 7) is 8.12. The fourth-order valence-electron chi connectivity index (χ4n) is 1.87. The first-order chi connectivity index (χ1) is 10.0. The Hall–Kier alpha value is -1.33. The van der Waals surface area contributed by atoms with E-state index < -0.39 is 0 Å². The van der Waals surface area contributed by atoms with Gasteiger partial charge in [-0.15, -0.1) is 11.3 Å². The van der Waals surface area contributed by atoms with E-state index in [4.69, 9.17) is 11.6 Å². The van der Waals surface area contributed by atoms with E-state index in [9.17, 15) is 0 Å². The second-order valence-electron chi connectivity index (χ2n) is 5.53. The quantitative estimate of drug-likeness (QED) is 0.792. The number of hydrogen-bond donors (Lipinski definition) is 2. The summed E-state index contributed by atoms with van der Waals surface area (Å²) < 4.78 is 0. The number of halogens is 1. The van der Waals surface area contributed by atoms with Crippen molar-refractivity contribution in [2.75, 3.05) is 23.7 Å². The predicted octanol–water partition coefficient (Wildman–Crippen LogP) is 4.40. The van der Waals surface area contributed by atoms with E-state index in [1.54, 1.807) is 17.5 Å². The topological polar surface area (TPSA) is 49.8 Å². The Kier molecular flexibility index (Phi) is 5.42. The highest BCUT2D eigenvalue weighted by Gasteiger charge is 2.22. The maximum atomic E-state index is 6.17. The van der Waals surface area contributed by atoms with Crippen molar-refractivity contribution in [1.29, 1.82) is 0 Å². The average Bonchev–Trinajstić information content (AvgIpc) is 3.00. The smallest absolute Gasteiger partial charge is 0.224 e. The molecule has 0 amide bonds. The highest BCUT2D eigenvalue weighted by Crippen LogP contribution is 2.28. The van der Waals surface area contributed by atoms with Crippen molar-refractivity contribution in [2.45, 2.75) is 32.6 Å². The van der Waals surface area contributed by atoms with Gasteiger partial charge in [-0.05, 0) is 17.9 Å². The van der Waals surface area contributed by atoms with Crippen LogP contribution >= 0.6 is 22.9 Å². The molecular weight excluding hydrogens is 304 g/mol. The molecule has 21 heavy (non-hydrogen) atoms. The zero-order valence-corrected chi connectivity index (χ0v) is 14.2. The van der Waals surface area contributed by atoms with Crippen LogP contribution in [0.25, 0.3) is 0 Å². The molecule has 0 saturated heterocycles. The summed E-state index contributed by atoms with van der Waals surface area (Å²) in [6, 6.07) is 4.23. The number of anilines is 2. The highest BCUT2D eigenvalue weighted by atomic mass is 35.5. The SMILES string of the molecule is CCCNc1ncc(Cl)c(NCC(C)(C)c2cccs2)n1. The minimum absolute atomic E-state index is 0.0272. The molecular formula is C15H21ClN4S. The highest BCUT2D eigenvalue weighted by molar-refractivity contribution is 7.10. The van der Waals surface area contributed by atoms with E-state index in [1.165, 1.54) is 4.88 Å². The van der Waals surface area contributed by atoms with Crippen molar-refractivity contribution in [3.05, 3.63) is 33.6 Å². The van der Waals surface area contributed by atoms with Gasteiger partial charge in [-0.2, -0.15) is 4.98 Å². The standard InChI is InChI=1S/C15H21ClN4S/c1-4-7-17-14-18-9-11(16)13(20-14)19-10-15(2,3)12-6-5-8-21-12/h5-6,8-9H,4,7,10H2,1-3H3,(H2,17,18,19,20). The molecule has 2 aromatic heterocycles. The normalized spacial score (nSPS) is 11.4. The number of nitrogens with one attached hydrogen (secondary N) is 2. The summed E-state index contributed by atoms with van der Waals surface area (Å²) in [6.07, 6.45) is 2.66. The third-order valence-electron chi connectivity index (χ3n) is 3.16. The van der Waals surface area contributed by atoms with Crippen molar-refractivity contribution in [3.63, 3.8) is 0 Å². The number of rotatable bonds is 7. The fourth-order valence-corrected chi connectivity index (χ4v) is 2.88. The zero-order valence-electron chi connectivity index (χ0n) is 12.6. The molecule has 4 nitrogen and oxygen atoms in total. The molecule has 6 heteroatoms. The average molecular weight is 325 g/mol. The third-order valence-corrected chi connectivity index (χ3v) is 4.68. The molecule has 0 saturated carbocycles. The van der Waals surface area contributed by atoms with Crippen molar-refractivity contribution in [2.24, 2.45) is 0 Å². The van der Waals surface area contributed by atoms with Gasteiger partial charge >= 0.3 is 0 Å². The summed E-state index contributed by atoms with van der Waals surface area (Å²) in [5, 5.41) is 9.15. The maximum Gasteiger partial charge on any atom is 0.224 e. The van der Waals surface area contributed by atoms with Crippen molar-refractivity contribution in [1.82, 2.24) is 9.97 Å². The van der Waals surface area contributed by atoms with Crippen LogP contribution in [0.5, 0.6) is 0 Å². The van der Waals surface area contributed by atoms with Gasteiger partial charge in [-0.25, -0.2) is 4.98 Å². The van der Waals surface area contributed by atoms with Crippen LogP contribution in [0.15, 0.2) is 23.7 Å². The van der Waals surface area contributed by atoms with Gasteiger partial charge in [0, 0.05) is 23.4 Å². The minimum atomic E-state index is 0.0272. The van der Waals surface area contributed by atoms with Gasteiger partial charge in [0.25, 0.3) is 0 Å². The minimum Gasteiger partial charge on any atom is -0.368 e. The molecule has 0 aliphatic carbocycles. The van der Waals surface area contributed by atoms with Gasteiger partial charge in [-0.1, -0.05) is 38.4 Å². The van der Waals surface area contributed by atoms with Crippen LogP contribution in [0.1, 0.15) is 32.1 Å². The molecule has 2 N–H and O–H groups in total. The molecule has 0 aliphatic heterocycles. The molecule has 0 aliphatic rings. The van der Waals surface area contributed by atoms with Gasteiger partial charge in [0.1, 0.15) is 5.02 Å². The summed E-state index contributed by atoms with van der Waals surface area (Å²) in [4.78, 5) is 9.95. The van der Waals surface area contributed by atoms with E-state index in [1.807, 2.05) is 0 Å². The Bertz CT molecular complexity index is 569. The van der Waals surface area contributed by atoms with Crippen LogP contribution in [0, 0.1) is 0 Å². The van der Waals surface area contributed by atoms with E-state index >= 15 is 0 Å². The van der Waals surface area contributed by atoms with Crippen molar-refractivity contribution in [3.8, 4) is 0 Å². The number of hydrogen-bond acceptors (Lipinski definition) is 5. The first-order valence-electron chi connectivity index (χ1n) is 7.07. The molecule has 0 aromatic carbocycles. The molecule has 0 bridgehead atoms. The van der Waals surface area contributed by atoms with Gasteiger partial charge in [0.15, 0.2) is 5.82 Å². The number of thiophene rings is 1. The lowest BCUT2D eigenvalue weighted by Crippen LogP contribution is -2.27. The Morgan fingerprint density at radius 1 is 1.33 bits per heavy atom. The summed E-state index contributed by atoms with van der Waals surface area (Å²) in [5.74, 6) is 1.28. The number of aromatic nitrogens is 2. The molecule has 2 rings (SSSR count). The lowest BCUT2D eigenvalue weighted by Gasteiger charge is -2.24. The molecule has 0 spiro atoms. The largest absolute Gasteiger partial charge is 0.368 e. The van der Waals surface area contributed by atoms with Gasteiger partial charge < -0.3 is 10.6 Å². The second kappa shape index (κ2) is 7.09. The second-order valence-corrected chi connectivity index (χ2v) is 6.89. The predicted molar refractivity (Wildman–Crippen MR) is 91.7 cm³/mol. The first kappa shape index (κ1) is 16.0. The van der Waals surface area contributed by atoms with E-state index in [0.717, 1.165) is 19.5 Å². The molecule has 114 valence electrons. The van der Waals surface area contributed by atoms with Crippen LogP contribution in [-0.4, -0.2) is 23.1 Å². The van der Waals surface area contributed by atoms with Crippen LogP contribution in [-0.2, 0) is 5.41 Å². The first-order valence-corrected chi connectivity index (χ1v) is 8.33. The molecule has 2 aromatic rings. The van der Waals surface area contributed by atoms with Crippen LogP contribution in [0.4, 0.5) is 11.8 Å². The Morgan fingerprint density at radius 2 is 2.14 bits per heavy atom. The van der Waals surface area contributed by atoms with Crippen LogP contribution in [0.2, 0.25) is 5.02 Å². The van der Waals surface area contributed by atoms with Gasteiger partial charge in [0.2, 0.25) is 5.95 Å². The van der Waals surface area contributed by atoms with Gasteiger partial charge in [-0.3, -0.25) is 0 Å². The maximum absolute atomic E-state index is 6.17. The molecule has 0 radical (unpaired) electrons. The van der Waals surface area contributed by atoms with E-state index in [0.29, 0.717) is 16.8 Å². The van der Waals surface area contributed by atoms with E-state index in [-0.39, 0.29) is 5.41 Å². The summed E-state index contributed by atoms with van der Waals surface area (Å²) in [5.41, 5.74) is 0.0272. The van der Waals surface area contributed by atoms with E-state index in [2.05, 4.69) is 58.9 Å². The lowest BCUT2D eigenvalue weighted by atomic mass is 9.91. The van der Waals surface area contributed by atoms with Crippen LogP contribution < -0.4 is 10.6 Å². The zero-order chi connectivity index (χ0) is 15.3. The monoisotopic (exact) mass is 324 g/mol. The van der Waals surface area contributed by atoms with Crippen molar-refractivity contribution < 1.29 is 0 Å². The lowest BCUT2D eigenvalue weighted by molar-refractivity contribution is 0.568. The Labute approximate surface area is 135 Å². The Balaban J connectivity index is 2.05. The molecule has 0 fully saturated rings.